The SMILES string of the molecule is Cc1cccc(NC(=S)NCc2ccc(-n3ccnc3)cc2)n1. The number of anilines is 1. The maximum Gasteiger partial charge on any atom is 0.172 e. The number of nitrogens with zero attached hydrogens (tertiary/aromatic N) is 3. The molecule has 2 heterocycles. The Kier molecular flexibility index (Phi) is 4.63. The first-order valence-corrected chi connectivity index (χ1v) is 7.67. The zero-order chi connectivity index (χ0) is 16.1. The van der Waals surface area contributed by atoms with Crippen molar-refractivity contribution in [2.24, 2.45) is 0 Å². The minimum Gasteiger partial charge on any atom is -0.358 e. The highest BCUT2D eigenvalue weighted by Crippen LogP contribution is 2.09. The second-order valence-electron chi connectivity index (χ2n) is 5.11. The van der Waals surface area contributed by atoms with Crippen LogP contribution in [0, 0.1) is 6.92 Å². The normalized spacial score (nSPS) is 10.3. The van der Waals surface area contributed by atoms with Crippen molar-refractivity contribution < 1.29 is 0 Å². The molecule has 3 aromatic rings. The summed E-state index contributed by atoms with van der Waals surface area (Å²) in [5, 5.41) is 6.82. The Labute approximate surface area is 140 Å². The summed E-state index contributed by atoms with van der Waals surface area (Å²) in [6.45, 7) is 2.60. The molecular weight excluding hydrogens is 306 g/mol. The van der Waals surface area contributed by atoms with Crippen molar-refractivity contribution in [2.75, 3.05) is 5.32 Å². The van der Waals surface area contributed by atoms with Crippen molar-refractivity contribution in [3.63, 3.8) is 0 Å². The van der Waals surface area contributed by atoms with Crippen LogP contribution in [0.3, 0.4) is 0 Å². The molecule has 0 radical (unpaired) electrons. The van der Waals surface area contributed by atoms with Gasteiger partial charge in [0.15, 0.2) is 5.11 Å². The maximum atomic E-state index is 5.29. The lowest BCUT2D eigenvalue weighted by Crippen LogP contribution is -2.28. The summed E-state index contributed by atoms with van der Waals surface area (Å²) >= 11 is 5.29. The Hall–Kier alpha value is -2.73. The molecule has 6 heteroatoms. The van der Waals surface area contributed by atoms with Gasteiger partial charge < -0.3 is 15.2 Å². The van der Waals surface area contributed by atoms with Crippen LogP contribution in [-0.2, 0) is 6.54 Å². The number of aromatic nitrogens is 3. The van der Waals surface area contributed by atoms with Crippen LogP contribution in [0.5, 0.6) is 0 Å². The second kappa shape index (κ2) is 7.02. The van der Waals surface area contributed by atoms with Gasteiger partial charge >= 0.3 is 0 Å². The first kappa shape index (κ1) is 15.2. The van der Waals surface area contributed by atoms with Gasteiger partial charge in [0, 0.05) is 30.3 Å². The molecule has 3 rings (SSSR count). The van der Waals surface area contributed by atoms with Crippen molar-refractivity contribution >= 4 is 23.1 Å². The number of nitrogens with one attached hydrogen (secondary N) is 2. The summed E-state index contributed by atoms with van der Waals surface area (Å²) < 4.78 is 1.97. The predicted octanol–water partition coefficient (Wildman–Crippen LogP) is 3.06. The molecule has 2 aromatic heterocycles. The number of hydrogen-bond acceptors (Lipinski definition) is 3. The number of aryl methyl sites for hydroxylation is 1. The smallest absolute Gasteiger partial charge is 0.172 e. The molecule has 116 valence electrons. The molecule has 0 unspecified atom stereocenters. The standard InChI is InChI=1S/C17H17N5S/c1-13-3-2-4-16(20-13)21-17(23)19-11-14-5-7-15(8-6-14)22-10-9-18-12-22/h2-10,12H,11H2,1H3,(H2,19,20,21,23). The zero-order valence-electron chi connectivity index (χ0n) is 12.7. The fourth-order valence-electron chi connectivity index (χ4n) is 2.15. The van der Waals surface area contributed by atoms with Crippen LogP contribution < -0.4 is 10.6 Å². The molecule has 0 saturated heterocycles. The van der Waals surface area contributed by atoms with E-state index in [1.807, 2.05) is 35.9 Å². The first-order chi connectivity index (χ1) is 11.2. The summed E-state index contributed by atoms with van der Waals surface area (Å²) in [5.74, 6) is 0.748. The number of imidazole rings is 1. The van der Waals surface area contributed by atoms with Crippen LogP contribution in [0.4, 0.5) is 5.82 Å². The van der Waals surface area contributed by atoms with Gasteiger partial charge in [-0.05, 0) is 49.0 Å². The average molecular weight is 323 g/mol. The van der Waals surface area contributed by atoms with E-state index in [4.69, 9.17) is 12.2 Å². The molecule has 0 bridgehead atoms. The van der Waals surface area contributed by atoms with Crippen LogP contribution >= 0.6 is 12.2 Å². The minimum absolute atomic E-state index is 0.557. The number of benzene rings is 1. The van der Waals surface area contributed by atoms with Crippen molar-refractivity contribution in [1.82, 2.24) is 19.9 Å². The molecule has 0 aliphatic carbocycles. The number of thiocarbonyl (C=S) groups is 1. The van der Waals surface area contributed by atoms with Crippen molar-refractivity contribution in [2.45, 2.75) is 13.5 Å². The van der Waals surface area contributed by atoms with Crippen molar-refractivity contribution in [1.29, 1.82) is 0 Å². The van der Waals surface area contributed by atoms with Crippen molar-refractivity contribution in [3.05, 3.63) is 72.4 Å². The molecule has 0 fully saturated rings. The first-order valence-electron chi connectivity index (χ1n) is 7.26. The van der Waals surface area contributed by atoms with E-state index in [1.54, 1.807) is 12.5 Å². The fourth-order valence-corrected chi connectivity index (χ4v) is 2.33. The Morgan fingerprint density at radius 1 is 1.17 bits per heavy atom. The summed E-state index contributed by atoms with van der Waals surface area (Å²) in [5.41, 5.74) is 3.18. The van der Waals surface area contributed by atoms with Crippen molar-refractivity contribution in [3.8, 4) is 5.69 Å². The highest BCUT2D eigenvalue weighted by atomic mass is 32.1. The van der Waals surface area contributed by atoms with E-state index in [9.17, 15) is 0 Å². The maximum absolute atomic E-state index is 5.29. The quantitative estimate of drug-likeness (QED) is 0.723. The van der Waals surface area contributed by atoms with Crippen LogP contribution in [0.25, 0.3) is 5.69 Å². The van der Waals surface area contributed by atoms with Crippen LogP contribution in [0.15, 0.2) is 61.2 Å². The lowest BCUT2D eigenvalue weighted by Gasteiger charge is -2.11. The summed E-state index contributed by atoms with van der Waals surface area (Å²) in [7, 11) is 0. The van der Waals surface area contributed by atoms with Gasteiger partial charge in [0.05, 0.1) is 6.33 Å². The van der Waals surface area contributed by atoms with Crippen LogP contribution in [0.1, 0.15) is 11.3 Å². The molecule has 1 aromatic carbocycles. The molecule has 5 nitrogen and oxygen atoms in total. The van der Waals surface area contributed by atoms with Gasteiger partial charge in [-0.1, -0.05) is 18.2 Å². The Morgan fingerprint density at radius 3 is 2.70 bits per heavy atom. The molecule has 0 aliphatic heterocycles. The second-order valence-corrected chi connectivity index (χ2v) is 5.52. The van der Waals surface area contributed by atoms with E-state index in [0.717, 1.165) is 22.8 Å². The molecule has 2 N–H and O–H groups in total. The number of rotatable bonds is 4. The molecule has 0 aliphatic rings. The van der Waals surface area contributed by atoms with E-state index in [-0.39, 0.29) is 0 Å². The van der Waals surface area contributed by atoms with Gasteiger partial charge in [-0.15, -0.1) is 0 Å². The predicted molar refractivity (Wildman–Crippen MR) is 95.6 cm³/mol. The van der Waals surface area contributed by atoms with E-state index in [2.05, 4.69) is 44.9 Å². The average Bonchev–Trinajstić information content (AvgIpc) is 3.08. The third kappa shape index (κ3) is 4.14. The monoisotopic (exact) mass is 323 g/mol. The summed E-state index contributed by atoms with van der Waals surface area (Å²) in [6, 6.07) is 14.0. The molecule has 0 atom stereocenters. The Morgan fingerprint density at radius 2 is 2.00 bits per heavy atom. The summed E-state index contributed by atoms with van der Waals surface area (Å²) in [6.07, 6.45) is 5.46. The molecular formula is C17H17N5S. The Bertz CT molecular complexity index is 781. The zero-order valence-corrected chi connectivity index (χ0v) is 13.5. The fraction of sp³-hybridized carbons (Fsp3) is 0.118. The topological polar surface area (TPSA) is 54.8 Å². The minimum atomic E-state index is 0.557. The van der Waals surface area contributed by atoms with E-state index in [0.29, 0.717) is 11.7 Å². The lowest BCUT2D eigenvalue weighted by atomic mass is 10.2. The van der Waals surface area contributed by atoms with Gasteiger partial charge in [0.2, 0.25) is 0 Å². The molecule has 0 amide bonds. The van der Waals surface area contributed by atoms with E-state index >= 15 is 0 Å². The molecule has 23 heavy (non-hydrogen) atoms. The van der Waals surface area contributed by atoms with Crippen LogP contribution in [0.2, 0.25) is 0 Å². The van der Waals surface area contributed by atoms with E-state index < -0.39 is 0 Å². The van der Waals surface area contributed by atoms with Gasteiger partial charge in [-0.3, -0.25) is 0 Å². The van der Waals surface area contributed by atoms with Gasteiger partial charge in [0.25, 0.3) is 0 Å². The van der Waals surface area contributed by atoms with Gasteiger partial charge in [0.1, 0.15) is 5.82 Å². The van der Waals surface area contributed by atoms with Gasteiger partial charge in [-0.25, -0.2) is 9.97 Å². The summed E-state index contributed by atoms with van der Waals surface area (Å²) in [4.78, 5) is 8.41. The highest BCUT2D eigenvalue weighted by molar-refractivity contribution is 7.80. The van der Waals surface area contributed by atoms with Gasteiger partial charge in [-0.2, -0.15) is 0 Å². The molecule has 0 spiro atoms. The Balaban J connectivity index is 1.54. The highest BCUT2D eigenvalue weighted by Gasteiger charge is 2.00. The lowest BCUT2D eigenvalue weighted by molar-refractivity contribution is 0.922. The third-order valence-corrected chi connectivity index (χ3v) is 3.57. The number of pyridine rings is 1. The third-order valence-electron chi connectivity index (χ3n) is 3.32. The van der Waals surface area contributed by atoms with E-state index in [1.165, 1.54) is 0 Å². The largest absolute Gasteiger partial charge is 0.358 e. The number of hydrogen-bond donors (Lipinski definition) is 2. The van der Waals surface area contributed by atoms with Crippen LogP contribution in [-0.4, -0.2) is 19.6 Å². The molecule has 0 saturated carbocycles.